The van der Waals surface area contributed by atoms with Crippen molar-refractivity contribution in [3.63, 3.8) is 0 Å². The van der Waals surface area contributed by atoms with Gasteiger partial charge in [-0.15, -0.1) is 0 Å². The maximum absolute atomic E-state index is 11.8. The molecule has 1 N–H and O–H groups in total. The van der Waals surface area contributed by atoms with Gasteiger partial charge in [-0.2, -0.15) is 0 Å². The van der Waals surface area contributed by atoms with Crippen LogP contribution in [0.3, 0.4) is 0 Å². The third kappa shape index (κ3) is 1.88. The minimum absolute atomic E-state index is 0.371. The standard InChI is InChI=1S/C14H25NO2/c1-4-5-10(2)15(3)14(13(16)17)9-11-6-7-12(14)8-11/h10-12H,4-9H2,1-3H3,(H,16,17). The van der Waals surface area contributed by atoms with Crippen LogP contribution in [-0.4, -0.2) is 34.6 Å². The highest BCUT2D eigenvalue weighted by Gasteiger charge is 2.58. The van der Waals surface area contributed by atoms with E-state index in [1.165, 1.54) is 6.42 Å². The van der Waals surface area contributed by atoms with Crippen LogP contribution in [0.4, 0.5) is 0 Å². The number of carbonyl (C=O) groups is 1. The number of rotatable bonds is 5. The summed E-state index contributed by atoms with van der Waals surface area (Å²) >= 11 is 0. The van der Waals surface area contributed by atoms with Gasteiger partial charge in [-0.05, 0) is 51.5 Å². The van der Waals surface area contributed by atoms with Crippen molar-refractivity contribution in [1.82, 2.24) is 4.90 Å². The van der Waals surface area contributed by atoms with E-state index in [-0.39, 0.29) is 0 Å². The molecule has 0 aromatic rings. The van der Waals surface area contributed by atoms with Crippen molar-refractivity contribution in [3.8, 4) is 0 Å². The molecule has 0 aromatic carbocycles. The largest absolute Gasteiger partial charge is 0.480 e. The average Bonchev–Trinajstić information content (AvgIpc) is 2.88. The fraction of sp³-hybridized carbons (Fsp3) is 0.929. The van der Waals surface area contributed by atoms with Crippen molar-refractivity contribution in [2.45, 2.75) is 64.0 Å². The van der Waals surface area contributed by atoms with Gasteiger partial charge in [0, 0.05) is 6.04 Å². The van der Waals surface area contributed by atoms with Gasteiger partial charge in [0.15, 0.2) is 0 Å². The highest BCUT2D eigenvalue weighted by molar-refractivity contribution is 5.80. The van der Waals surface area contributed by atoms with Crippen LogP contribution >= 0.6 is 0 Å². The summed E-state index contributed by atoms with van der Waals surface area (Å²) in [6.07, 6.45) is 6.57. The second kappa shape index (κ2) is 4.60. The van der Waals surface area contributed by atoms with E-state index in [0.717, 1.165) is 32.1 Å². The Bertz CT molecular complexity index is 305. The molecule has 17 heavy (non-hydrogen) atoms. The Labute approximate surface area is 104 Å². The normalized spacial score (nSPS) is 37.6. The highest BCUT2D eigenvalue weighted by Crippen LogP contribution is 2.53. The molecule has 0 aliphatic heterocycles. The first kappa shape index (κ1) is 12.9. The number of likely N-dealkylation sites (N-methyl/N-ethyl adjacent to an activating group) is 1. The maximum atomic E-state index is 11.8. The Morgan fingerprint density at radius 3 is 2.65 bits per heavy atom. The minimum Gasteiger partial charge on any atom is -0.480 e. The van der Waals surface area contributed by atoms with Crippen LogP contribution in [-0.2, 0) is 4.79 Å². The maximum Gasteiger partial charge on any atom is 0.324 e. The number of carboxylic acid groups (broad SMARTS) is 1. The van der Waals surface area contributed by atoms with Crippen LogP contribution in [0.2, 0.25) is 0 Å². The molecule has 0 heterocycles. The van der Waals surface area contributed by atoms with Crippen molar-refractivity contribution < 1.29 is 9.90 Å². The van der Waals surface area contributed by atoms with Crippen molar-refractivity contribution in [3.05, 3.63) is 0 Å². The third-order valence-corrected chi connectivity index (χ3v) is 5.18. The highest BCUT2D eigenvalue weighted by atomic mass is 16.4. The summed E-state index contributed by atoms with van der Waals surface area (Å²) in [6.45, 7) is 4.33. The van der Waals surface area contributed by atoms with E-state index >= 15 is 0 Å². The number of carboxylic acids is 1. The molecular formula is C14H25NO2. The summed E-state index contributed by atoms with van der Waals surface area (Å²) < 4.78 is 0. The monoisotopic (exact) mass is 239 g/mol. The molecule has 2 saturated carbocycles. The molecule has 0 amide bonds. The first-order valence-corrected chi connectivity index (χ1v) is 6.98. The quantitative estimate of drug-likeness (QED) is 0.802. The molecule has 0 aromatic heterocycles. The van der Waals surface area contributed by atoms with Crippen molar-refractivity contribution in [1.29, 1.82) is 0 Å². The van der Waals surface area contributed by atoms with E-state index in [9.17, 15) is 9.90 Å². The second-order valence-electron chi connectivity index (χ2n) is 6.06. The van der Waals surface area contributed by atoms with Gasteiger partial charge in [-0.1, -0.05) is 19.8 Å². The molecule has 0 radical (unpaired) electrons. The molecule has 2 aliphatic rings. The number of aliphatic carboxylic acids is 1. The minimum atomic E-state index is -0.588. The first-order chi connectivity index (χ1) is 8.02. The number of fused-ring (bicyclic) bond motifs is 2. The zero-order valence-corrected chi connectivity index (χ0v) is 11.3. The van der Waals surface area contributed by atoms with Crippen LogP contribution in [0.5, 0.6) is 0 Å². The van der Waals surface area contributed by atoms with E-state index in [4.69, 9.17) is 0 Å². The lowest BCUT2D eigenvalue weighted by Crippen LogP contribution is -2.59. The molecule has 2 bridgehead atoms. The van der Waals surface area contributed by atoms with Crippen molar-refractivity contribution in [2.24, 2.45) is 11.8 Å². The molecule has 4 unspecified atom stereocenters. The fourth-order valence-electron chi connectivity index (χ4n) is 4.15. The van der Waals surface area contributed by atoms with Crippen molar-refractivity contribution in [2.75, 3.05) is 7.05 Å². The smallest absolute Gasteiger partial charge is 0.324 e. The van der Waals surface area contributed by atoms with Crippen LogP contribution in [0, 0.1) is 11.8 Å². The number of hydrogen-bond donors (Lipinski definition) is 1. The van der Waals surface area contributed by atoms with E-state index in [2.05, 4.69) is 18.7 Å². The molecule has 0 spiro atoms. The fourth-order valence-corrected chi connectivity index (χ4v) is 4.15. The predicted molar refractivity (Wildman–Crippen MR) is 67.9 cm³/mol. The van der Waals surface area contributed by atoms with Gasteiger partial charge in [-0.25, -0.2) is 0 Å². The van der Waals surface area contributed by atoms with Gasteiger partial charge in [0.25, 0.3) is 0 Å². The van der Waals surface area contributed by atoms with Crippen LogP contribution in [0.15, 0.2) is 0 Å². The van der Waals surface area contributed by atoms with Gasteiger partial charge in [0.05, 0.1) is 0 Å². The topological polar surface area (TPSA) is 40.5 Å². The van der Waals surface area contributed by atoms with Gasteiger partial charge < -0.3 is 5.11 Å². The molecular weight excluding hydrogens is 214 g/mol. The molecule has 2 fully saturated rings. The first-order valence-electron chi connectivity index (χ1n) is 6.98. The zero-order chi connectivity index (χ0) is 12.6. The lowest BCUT2D eigenvalue weighted by atomic mass is 9.78. The second-order valence-corrected chi connectivity index (χ2v) is 6.06. The lowest BCUT2D eigenvalue weighted by Gasteiger charge is -2.44. The van der Waals surface area contributed by atoms with Crippen molar-refractivity contribution >= 4 is 5.97 Å². The number of nitrogens with zero attached hydrogens (tertiary/aromatic N) is 1. The Hall–Kier alpha value is -0.570. The predicted octanol–water partition coefficient (Wildman–Crippen LogP) is 2.75. The van der Waals surface area contributed by atoms with E-state index in [0.29, 0.717) is 17.9 Å². The molecule has 2 aliphatic carbocycles. The Morgan fingerprint density at radius 2 is 2.24 bits per heavy atom. The van der Waals surface area contributed by atoms with Gasteiger partial charge in [0.1, 0.15) is 5.54 Å². The third-order valence-electron chi connectivity index (χ3n) is 5.18. The summed E-state index contributed by atoms with van der Waals surface area (Å²) in [5.74, 6) is 0.455. The summed E-state index contributed by atoms with van der Waals surface area (Å²) in [7, 11) is 2.02. The average molecular weight is 239 g/mol. The summed E-state index contributed by atoms with van der Waals surface area (Å²) in [5, 5.41) is 9.73. The van der Waals surface area contributed by atoms with E-state index in [1.807, 2.05) is 7.05 Å². The Morgan fingerprint density at radius 1 is 1.53 bits per heavy atom. The van der Waals surface area contributed by atoms with Gasteiger partial charge >= 0.3 is 5.97 Å². The lowest BCUT2D eigenvalue weighted by molar-refractivity contribution is -0.156. The van der Waals surface area contributed by atoms with E-state index < -0.39 is 11.5 Å². The molecule has 0 saturated heterocycles. The van der Waals surface area contributed by atoms with Gasteiger partial charge in [-0.3, -0.25) is 9.69 Å². The van der Waals surface area contributed by atoms with Crippen LogP contribution in [0.1, 0.15) is 52.4 Å². The molecule has 98 valence electrons. The summed E-state index contributed by atoms with van der Waals surface area (Å²) in [5.41, 5.74) is -0.558. The molecule has 3 nitrogen and oxygen atoms in total. The molecule has 2 rings (SSSR count). The Kier molecular flexibility index (Phi) is 3.48. The van der Waals surface area contributed by atoms with Crippen LogP contribution in [0.25, 0.3) is 0 Å². The molecule has 4 atom stereocenters. The summed E-state index contributed by atoms with van der Waals surface area (Å²) in [6, 6.07) is 0.371. The van der Waals surface area contributed by atoms with E-state index in [1.54, 1.807) is 0 Å². The SMILES string of the molecule is CCCC(C)N(C)C1(C(=O)O)CC2CCC1C2. The Balaban J connectivity index is 2.21. The molecule has 3 heteroatoms. The van der Waals surface area contributed by atoms with Gasteiger partial charge in [0.2, 0.25) is 0 Å². The zero-order valence-electron chi connectivity index (χ0n) is 11.3. The summed E-state index contributed by atoms with van der Waals surface area (Å²) in [4.78, 5) is 14.0. The van der Waals surface area contributed by atoms with Crippen LogP contribution < -0.4 is 0 Å². The number of hydrogen-bond acceptors (Lipinski definition) is 2.